The Hall–Kier alpha value is -1.85. The summed E-state index contributed by atoms with van der Waals surface area (Å²) in [4.78, 5) is 24.2. The molecule has 106 valence electrons. The normalized spacial score (nSPS) is 20.4. The summed E-state index contributed by atoms with van der Waals surface area (Å²) in [5.41, 5.74) is 0. The Labute approximate surface area is 110 Å². The molecule has 0 aromatic carbocycles. The van der Waals surface area contributed by atoms with Gasteiger partial charge in [0.1, 0.15) is 6.04 Å². The Morgan fingerprint density at radius 3 is 3.00 bits per heavy atom. The lowest BCUT2D eigenvalue weighted by Gasteiger charge is -2.30. The summed E-state index contributed by atoms with van der Waals surface area (Å²) in [7, 11) is 1.46. The van der Waals surface area contributed by atoms with Crippen LogP contribution in [0.3, 0.4) is 0 Å². The van der Waals surface area contributed by atoms with Crippen molar-refractivity contribution in [1.82, 2.24) is 10.2 Å². The van der Waals surface area contributed by atoms with E-state index in [9.17, 15) is 9.59 Å². The van der Waals surface area contributed by atoms with Gasteiger partial charge in [0, 0.05) is 26.7 Å². The smallest absolute Gasteiger partial charge is 0.326 e. The Kier molecular flexibility index (Phi) is 6.05. The number of ether oxygens (including phenoxy) is 2. The lowest BCUT2D eigenvalue weighted by atomic mass is 10.2. The third-order valence-corrected chi connectivity index (χ3v) is 2.70. The van der Waals surface area contributed by atoms with Gasteiger partial charge in [0.05, 0.1) is 19.2 Å². The number of nitrogens with zero attached hydrogens (tertiary/aromatic N) is 2. The van der Waals surface area contributed by atoms with Crippen molar-refractivity contribution in [2.75, 3.05) is 33.4 Å². The minimum Gasteiger partial charge on any atom is -0.480 e. The molecule has 0 aromatic rings. The van der Waals surface area contributed by atoms with E-state index in [2.05, 4.69) is 5.32 Å². The molecule has 1 aliphatic rings. The third kappa shape index (κ3) is 4.73. The monoisotopic (exact) mass is 271 g/mol. The van der Waals surface area contributed by atoms with Crippen LogP contribution >= 0.6 is 0 Å². The van der Waals surface area contributed by atoms with Crippen LogP contribution in [0.25, 0.3) is 0 Å². The topological polar surface area (TPSA) is 112 Å². The Morgan fingerprint density at radius 2 is 2.42 bits per heavy atom. The fraction of sp³-hybridized carbons (Fsp3) is 0.727. The van der Waals surface area contributed by atoms with Crippen LogP contribution in [-0.2, 0) is 14.3 Å². The molecule has 1 heterocycles. The molecule has 1 rings (SSSR count). The fourth-order valence-corrected chi connectivity index (χ4v) is 1.65. The number of morpholine rings is 1. The summed E-state index contributed by atoms with van der Waals surface area (Å²) in [6, 6.07) is 0.408. The molecule has 19 heavy (non-hydrogen) atoms. The van der Waals surface area contributed by atoms with Crippen LogP contribution in [0.1, 0.15) is 6.42 Å². The minimum atomic E-state index is -1.12. The maximum atomic E-state index is 11.9. The van der Waals surface area contributed by atoms with Gasteiger partial charge in [-0.2, -0.15) is 5.26 Å². The SMILES string of the molecule is COCCC(NC(=O)N1CCOC(C#N)C1)C(=O)O. The molecule has 2 atom stereocenters. The van der Waals surface area contributed by atoms with E-state index < -0.39 is 24.1 Å². The van der Waals surface area contributed by atoms with Crippen molar-refractivity contribution in [2.24, 2.45) is 0 Å². The van der Waals surface area contributed by atoms with E-state index in [-0.39, 0.29) is 26.2 Å². The number of carboxylic acids is 1. The number of hydrogen-bond donors (Lipinski definition) is 2. The molecular formula is C11H17N3O5. The average Bonchev–Trinajstić information content (AvgIpc) is 2.42. The van der Waals surface area contributed by atoms with E-state index in [1.165, 1.54) is 12.0 Å². The fourth-order valence-electron chi connectivity index (χ4n) is 1.65. The first-order chi connectivity index (χ1) is 9.08. The van der Waals surface area contributed by atoms with Gasteiger partial charge < -0.3 is 24.8 Å². The number of aliphatic carboxylic acids is 1. The van der Waals surface area contributed by atoms with Gasteiger partial charge in [-0.15, -0.1) is 0 Å². The summed E-state index contributed by atoms with van der Waals surface area (Å²) in [6.45, 7) is 0.974. The van der Waals surface area contributed by atoms with Crippen LogP contribution in [0.4, 0.5) is 4.79 Å². The van der Waals surface area contributed by atoms with Gasteiger partial charge >= 0.3 is 12.0 Å². The van der Waals surface area contributed by atoms with Gasteiger partial charge in [-0.05, 0) is 0 Å². The highest BCUT2D eigenvalue weighted by atomic mass is 16.5. The van der Waals surface area contributed by atoms with Crippen molar-refractivity contribution in [3.63, 3.8) is 0 Å². The number of hydrogen-bond acceptors (Lipinski definition) is 5. The van der Waals surface area contributed by atoms with Crippen LogP contribution in [0.2, 0.25) is 0 Å². The van der Waals surface area contributed by atoms with E-state index in [0.717, 1.165) is 0 Å². The molecule has 0 spiro atoms. The minimum absolute atomic E-state index is 0.138. The molecule has 1 aliphatic heterocycles. The molecule has 2 N–H and O–H groups in total. The number of amides is 2. The second kappa shape index (κ2) is 7.56. The number of carbonyl (C=O) groups excluding carboxylic acids is 1. The molecule has 0 radical (unpaired) electrons. The zero-order valence-corrected chi connectivity index (χ0v) is 10.7. The number of nitrogens with one attached hydrogen (secondary N) is 1. The number of carbonyl (C=O) groups is 2. The summed E-state index contributed by atoms with van der Waals surface area (Å²) < 4.78 is 9.90. The van der Waals surface area contributed by atoms with Crippen LogP contribution in [0, 0.1) is 11.3 Å². The van der Waals surface area contributed by atoms with Gasteiger partial charge in [-0.3, -0.25) is 0 Å². The summed E-state index contributed by atoms with van der Waals surface area (Å²) >= 11 is 0. The van der Waals surface area contributed by atoms with Crippen molar-refractivity contribution in [1.29, 1.82) is 5.26 Å². The van der Waals surface area contributed by atoms with E-state index in [0.29, 0.717) is 6.54 Å². The molecule has 8 heteroatoms. The van der Waals surface area contributed by atoms with Gasteiger partial charge in [-0.25, -0.2) is 9.59 Å². The van der Waals surface area contributed by atoms with Gasteiger partial charge in [0.25, 0.3) is 0 Å². The Morgan fingerprint density at radius 1 is 1.68 bits per heavy atom. The van der Waals surface area contributed by atoms with E-state index >= 15 is 0 Å². The summed E-state index contributed by atoms with van der Waals surface area (Å²) in [5.74, 6) is -1.12. The highest BCUT2D eigenvalue weighted by molar-refractivity contribution is 5.82. The van der Waals surface area contributed by atoms with E-state index in [1.807, 2.05) is 6.07 Å². The predicted octanol–water partition coefficient (Wildman–Crippen LogP) is -0.590. The molecule has 2 unspecified atom stereocenters. The Balaban J connectivity index is 2.51. The van der Waals surface area contributed by atoms with Gasteiger partial charge in [0.2, 0.25) is 0 Å². The van der Waals surface area contributed by atoms with Gasteiger partial charge in [-0.1, -0.05) is 0 Å². The maximum Gasteiger partial charge on any atom is 0.326 e. The van der Waals surface area contributed by atoms with Gasteiger partial charge in [0.15, 0.2) is 6.10 Å². The van der Waals surface area contributed by atoms with Crippen molar-refractivity contribution < 1.29 is 24.2 Å². The quantitative estimate of drug-likeness (QED) is 0.691. The third-order valence-electron chi connectivity index (χ3n) is 2.70. The highest BCUT2D eigenvalue weighted by Crippen LogP contribution is 2.05. The molecule has 0 saturated carbocycles. The second-order valence-electron chi connectivity index (χ2n) is 4.06. The first kappa shape index (κ1) is 15.2. The number of nitriles is 1. The number of rotatable bonds is 5. The predicted molar refractivity (Wildman–Crippen MR) is 63.4 cm³/mol. The summed E-state index contributed by atoms with van der Waals surface area (Å²) in [5, 5.41) is 20.1. The maximum absolute atomic E-state index is 11.9. The standard InChI is InChI=1S/C11H17N3O5/c1-18-4-2-9(10(15)16)13-11(17)14-3-5-19-8(6-12)7-14/h8-9H,2-5,7H2,1H3,(H,13,17)(H,15,16). The van der Waals surface area contributed by atoms with Crippen LogP contribution in [-0.4, -0.2) is 67.6 Å². The highest BCUT2D eigenvalue weighted by Gasteiger charge is 2.27. The lowest BCUT2D eigenvalue weighted by molar-refractivity contribution is -0.139. The van der Waals surface area contributed by atoms with Crippen LogP contribution in [0.15, 0.2) is 0 Å². The average molecular weight is 271 g/mol. The number of methoxy groups -OCH3 is 1. The molecule has 8 nitrogen and oxygen atoms in total. The lowest BCUT2D eigenvalue weighted by Crippen LogP contribution is -2.53. The largest absolute Gasteiger partial charge is 0.480 e. The zero-order chi connectivity index (χ0) is 14.3. The molecule has 0 aromatic heterocycles. The molecular weight excluding hydrogens is 254 g/mol. The van der Waals surface area contributed by atoms with Crippen molar-refractivity contribution >= 4 is 12.0 Å². The zero-order valence-electron chi connectivity index (χ0n) is 10.7. The van der Waals surface area contributed by atoms with Crippen molar-refractivity contribution in [3.05, 3.63) is 0 Å². The number of urea groups is 1. The first-order valence-electron chi connectivity index (χ1n) is 5.87. The van der Waals surface area contributed by atoms with Crippen molar-refractivity contribution in [2.45, 2.75) is 18.6 Å². The molecule has 2 amide bonds. The molecule has 0 aliphatic carbocycles. The summed E-state index contributed by atoms with van der Waals surface area (Å²) in [6.07, 6.45) is -0.481. The Bertz CT molecular complexity index is 368. The molecule has 0 bridgehead atoms. The molecule has 1 fully saturated rings. The molecule has 1 saturated heterocycles. The second-order valence-corrected chi connectivity index (χ2v) is 4.06. The van der Waals surface area contributed by atoms with Crippen molar-refractivity contribution in [3.8, 4) is 6.07 Å². The first-order valence-corrected chi connectivity index (χ1v) is 5.87. The van der Waals surface area contributed by atoms with E-state index in [4.69, 9.17) is 19.8 Å². The number of carboxylic acid groups (broad SMARTS) is 1. The van der Waals surface area contributed by atoms with Crippen LogP contribution < -0.4 is 5.32 Å². The van der Waals surface area contributed by atoms with E-state index in [1.54, 1.807) is 0 Å². The van der Waals surface area contributed by atoms with Crippen LogP contribution in [0.5, 0.6) is 0 Å².